The molecule has 2 N–H and O–H groups in total. The highest BCUT2D eigenvalue weighted by Crippen LogP contribution is 2.45. The van der Waals surface area contributed by atoms with Crippen molar-refractivity contribution in [3.8, 4) is 11.3 Å². The zero-order valence-electron chi connectivity index (χ0n) is 16.2. The predicted molar refractivity (Wildman–Crippen MR) is 116 cm³/mol. The Labute approximate surface area is 168 Å². The first kappa shape index (κ1) is 17.5. The van der Waals surface area contributed by atoms with Crippen molar-refractivity contribution < 1.29 is 9.32 Å². The molecule has 0 amide bonds. The van der Waals surface area contributed by atoms with Gasteiger partial charge in [-0.2, -0.15) is 0 Å². The minimum atomic E-state index is -0.0140. The fraction of sp³-hybridized carbons (Fsp3) is 0.167. The first-order chi connectivity index (χ1) is 14.3. The van der Waals surface area contributed by atoms with Gasteiger partial charge in [-0.1, -0.05) is 61.0 Å². The second kappa shape index (κ2) is 7.09. The summed E-state index contributed by atoms with van der Waals surface area (Å²) in [5.74, 6) is 0.639. The third-order valence-electron chi connectivity index (χ3n) is 5.30. The highest BCUT2D eigenvalue weighted by atomic mass is 16.5. The number of benzene rings is 3. The van der Waals surface area contributed by atoms with E-state index in [1.807, 2.05) is 60.7 Å². The van der Waals surface area contributed by atoms with Crippen LogP contribution < -0.4 is 10.6 Å². The van der Waals surface area contributed by atoms with Crippen LogP contribution >= 0.6 is 0 Å². The molecule has 4 aromatic rings. The van der Waals surface area contributed by atoms with Crippen LogP contribution in [-0.2, 0) is 0 Å². The number of aromatic nitrogens is 1. The third-order valence-corrected chi connectivity index (χ3v) is 5.30. The number of carbonyl (C=O) groups excluding carboxylic acids is 1. The zero-order chi connectivity index (χ0) is 19.8. The molecule has 5 nitrogen and oxygen atoms in total. The number of para-hydroxylation sites is 1. The number of rotatable bonds is 6. The number of fused-ring (bicyclic) bond motifs is 2. The van der Waals surface area contributed by atoms with Crippen molar-refractivity contribution in [2.75, 3.05) is 17.2 Å². The number of hydrogen-bond acceptors (Lipinski definition) is 5. The van der Waals surface area contributed by atoms with E-state index in [0.717, 1.165) is 47.4 Å². The average molecular weight is 383 g/mol. The van der Waals surface area contributed by atoms with Crippen LogP contribution in [-0.4, -0.2) is 17.5 Å². The molecule has 1 aliphatic rings. The van der Waals surface area contributed by atoms with Crippen LogP contribution in [0.4, 0.5) is 17.1 Å². The standard InChI is InChI=1S/C24H21N3O2/c1-2-3-13-25-19-14-18(26-15-9-5-4-6-10-15)20-21-22(19)27-29-24(21)17-12-8-7-11-16(17)23(20)28/h4-12,14,25-26H,2-3,13H2,1H3. The molecule has 29 heavy (non-hydrogen) atoms. The summed E-state index contributed by atoms with van der Waals surface area (Å²) < 4.78 is 5.75. The fourth-order valence-electron chi connectivity index (χ4n) is 3.87. The molecule has 144 valence electrons. The summed E-state index contributed by atoms with van der Waals surface area (Å²) in [5, 5.41) is 12.0. The van der Waals surface area contributed by atoms with Gasteiger partial charge in [0.1, 0.15) is 5.52 Å². The van der Waals surface area contributed by atoms with Gasteiger partial charge in [0.25, 0.3) is 0 Å². The number of ketones is 1. The summed E-state index contributed by atoms with van der Waals surface area (Å²) in [6.07, 6.45) is 2.15. The Kier molecular flexibility index (Phi) is 4.28. The van der Waals surface area contributed by atoms with Crippen molar-refractivity contribution in [3.63, 3.8) is 0 Å². The van der Waals surface area contributed by atoms with E-state index in [1.54, 1.807) is 0 Å². The van der Waals surface area contributed by atoms with E-state index in [4.69, 9.17) is 4.52 Å². The maximum atomic E-state index is 13.4. The van der Waals surface area contributed by atoms with Crippen molar-refractivity contribution in [2.45, 2.75) is 19.8 Å². The van der Waals surface area contributed by atoms with Gasteiger partial charge in [0, 0.05) is 23.4 Å². The Morgan fingerprint density at radius 2 is 1.72 bits per heavy atom. The van der Waals surface area contributed by atoms with Crippen LogP contribution in [0.25, 0.3) is 22.2 Å². The summed E-state index contributed by atoms with van der Waals surface area (Å²) >= 11 is 0. The molecular weight excluding hydrogens is 362 g/mol. The molecule has 0 aliphatic heterocycles. The molecule has 0 unspecified atom stereocenters. The largest absolute Gasteiger partial charge is 0.383 e. The lowest BCUT2D eigenvalue weighted by atomic mass is 9.86. The van der Waals surface area contributed by atoms with Crippen LogP contribution in [0.3, 0.4) is 0 Å². The molecule has 3 aromatic carbocycles. The fourth-order valence-corrected chi connectivity index (χ4v) is 3.87. The highest BCUT2D eigenvalue weighted by molar-refractivity contribution is 6.28. The van der Waals surface area contributed by atoms with Gasteiger partial charge in [0.2, 0.25) is 0 Å². The van der Waals surface area contributed by atoms with Gasteiger partial charge in [-0.15, -0.1) is 0 Å². The molecule has 1 heterocycles. The lowest BCUT2D eigenvalue weighted by Crippen LogP contribution is -2.12. The normalized spacial score (nSPS) is 12.1. The van der Waals surface area contributed by atoms with Crippen LogP contribution in [0.15, 0.2) is 65.2 Å². The highest BCUT2D eigenvalue weighted by Gasteiger charge is 2.32. The minimum Gasteiger partial charge on any atom is -0.383 e. The van der Waals surface area contributed by atoms with Gasteiger partial charge < -0.3 is 15.2 Å². The Morgan fingerprint density at radius 1 is 0.966 bits per heavy atom. The van der Waals surface area contributed by atoms with Gasteiger partial charge in [-0.25, -0.2) is 0 Å². The van der Waals surface area contributed by atoms with Crippen LogP contribution in [0.5, 0.6) is 0 Å². The predicted octanol–water partition coefficient (Wildman–Crippen LogP) is 5.99. The SMILES string of the molecule is CCCCNc1cc(Nc2ccccc2)c2c3c(onc13)-c1ccccc1C2=O. The first-order valence-corrected chi connectivity index (χ1v) is 9.94. The summed E-state index contributed by atoms with van der Waals surface area (Å²) in [7, 11) is 0. The van der Waals surface area contributed by atoms with Gasteiger partial charge in [0.15, 0.2) is 11.5 Å². The third kappa shape index (κ3) is 2.86. The second-order valence-electron chi connectivity index (χ2n) is 7.23. The summed E-state index contributed by atoms with van der Waals surface area (Å²) in [5.41, 5.74) is 5.30. The topological polar surface area (TPSA) is 67.2 Å². The van der Waals surface area contributed by atoms with Crippen LogP contribution in [0.1, 0.15) is 35.7 Å². The van der Waals surface area contributed by atoms with Crippen molar-refractivity contribution in [1.82, 2.24) is 5.16 Å². The van der Waals surface area contributed by atoms with E-state index < -0.39 is 0 Å². The van der Waals surface area contributed by atoms with E-state index in [0.29, 0.717) is 22.4 Å². The van der Waals surface area contributed by atoms with Crippen molar-refractivity contribution in [2.24, 2.45) is 0 Å². The lowest BCUT2D eigenvalue weighted by Gasteiger charge is -2.19. The van der Waals surface area contributed by atoms with Gasteiger partial charge in [0.05, 0.1) is 22.3 Å². The molecule has 0 atom stereocenters. The second-order valence-corrected chi connectivity index (χ2v) is 7.23. The Morgan fingerprint density at radius 3 is 2.52 bits per heavy atom. The van der Waals surface area contributed by atoms with E-state index >= 15 is 0 Å². The molecule has 5 rings (SSSR count). The minimum absolute atomic E-state index is 0.0140. The smallest absolute Gasteiger partial charge is 0.196 e. The Bertz CT molecular complexity index is 1210. The zero-order valence-corrected chi connectivity index (χ0v) is 16.2. The molecule has 0 radical (unpaired) electrons. The van der Waals surface area contributed by atoms with Gasteiger partial charge in [-0.05, 0) is 24.6 Å². The van der Waals surface area contributed by atoms with Gasteiger partial charge in [-0.3, -0.25) is 4.79 Å². The summed E-state index contributed by atoms with van der Waals surface area (Å²) in [6.45, 7) is 2.99. The van der Waals surface area contributed by atoms with Crippen LogP contribution in [0, 0.1) is 0 Å². The molecule has 0 bridgehead atoms. The molecule has 0 spiro atoms. The van der Waals surface area contributed by atoms with Crippen molar-refractivity contribution in [3.05, 3.63) is 71.8 Å². The Hall–Kier alpha value is -3.60. The van der Waals surface area contributed by atoms with Gasteiger partial charge >= 0.3 is 0 Å². The van der Waals surface area contributed by atoms with Crippen molar-refractivity contribution in [1.29, 1.82) is 0 Å². The van der Waals surface area contributed by atoms with E-state index in [1.165, 1.54) is 0 Å². The quantitative estimate of drug-likeness (QED) is 0.352. The number of anilines is 3. The Balaban J connectivity index is 1.74. The van der Waals surface area contributed by atoms with Crippen LogP contribution in [0.2, 0.25) is 0 Å². The molecule has 1 aromatic heterocycles. The monoisotopic (exact) mass is 383 g/mol. The molecule has 0 fully saturated rings. The average Bonchev–Trinajstić information content (AvgIpc) is 3.19. The summed E-state index contributed by atoms with van der Waals surface area (Å²) in [4.78, 5) is 13.4. The van der Waals surface area contributed by atoms with E-state index in [2.05, 4.69) is 22.7 Å². The van der Waals surface area contributed by atoms with E-state index in [-0.39, 0.29) is 5.78 Å². The molecule has 0 saturated heterocycles. The number of carbonyl (C=O) groups is 1. The molecule has 0 saturated carbocycles. The van der Waals surface area contributed by atoms with E-state index in [9.17, 15) is 4.79 Å². The summed E-state index contributed by atoms with van der Waals surface area (Å²) in [6, 6.07) is 19.4. The number of nitrogens with zero attached hydrogens (tertiary/aromatic N) is 1. The molecular formula is C24H21N3O2. The number of nitrogens with one attached hydrogen (secondary N) is 2. The number of unbranched alkanes of at least 4 members (excludes halogenated alkanes) is 1. The maximum Gasteiger partial charge on any atom is 0.196 e. The molecule has 5 heteroatoms. The maximum absolute atomic E-state index is 13.4. The van der Waals surface area contributed by atoms with Crippen molar-refractivity contribution >= 4 is 33.7 Å². The molecule has 1 aliphatic carbocycles. The lowest BCUT2D eigenvalue weighted by molar-refractivity contribution is 0.104. The first-order valence-electron chi connectivity index (χ1n) is 9.94. The number of hydrogen-bond donors (Lipinski definition) is 2.